The molecule has 5 heteroatoms. The van der Waals surface area contributed by atoms with Crippen molar-refractivity contribution in [1.82, 2.24) is 0 Å². The molecule has 0 fully saturated rings. The SMILES string of the molecule is Cc1ccc(SCCCO)cc1[N+](=O)[O-]. The van der Waals surface area contributed by atoms with Crippen LogP contribution in [-0.4, -0.2) is 22.4 Å². The average Bonchev–Trinajstić information content (AvgIpc) is 2.20. The summed E-state index contributed by atoms with van der Waals surface area (Å²) in [6, 6.07) is 5.20. The Balaban J connectivity index is 2.74. The lowest BCUT2D eigenvalue weighted by atomic mass is 10.2. The third-order valence-corrected chi connectivity index (χ3v) is 3.03. The summed E-state index contributed by atoms with van der Waals surface area (Å²) in [7, 11) is 0. The van der Waals surface area contributed by atoms with Gasteiger partial charge in [-0.2, -0.15) is 0 Å². The number of thioether (sulfide) groups is 1. The molecule has 0 atom stereocenters. The van der Waals surface area contributed by atoms with E-state index in [4.69, 9.17) is 5.11 Å². The zero-order valence-corrected chi connectivity index (χ0v) is 9.29. The first-order valence-electron chi connectivity index (χ1n) is 4.64. The smallest absolute Gasteiger partial charge is 0.273 e. The van der Waals surface area contributed by atoms with Crippen molar-refractivity contribution in [2.45, 2.75) is 18.2 Å². The van der Waals surface area contributed by atoms with Crippen molar-refractivity contribution in [3.63, 3.8) is 0 Å². The third-order valence-electron chi connectivity index (χ3n) is 1.95. The molecule has 0 radical (unpaired) electrons. The van der Waals surface area contributed by atoms with Gasteiger partial charge in [-0.15, -0.1) is 11.8 Å². The standard InChI is InChI=1S/C10H13NO3S/c1-8-3-4-9(15-6-2-5-12)7-10(8)11(13)14/h3-4,7,12H,2,5-6H2,1H3. The van der Waals surface area contributed by atoms with Crippen molar-refractivity contribution in [3.05, 3.63) is 33.9 Å². The Morgan fingerprint density at radius 3 is 2.87 bits per heavy atom. The van der Waals surface area contributed by atoms with Crippen LogP contribution in [0, 0.1) is 17.0 Å². The number of nitro groups is 1. The van der Waals surface area contributed by atoms with Crippen molar-refractivity contribution in [2.75, 3.05) is 12.4 Å². The van der Waals surface area contributed by atoms with Crippen LogP contribution in [0.15, 0.2) is 23.1 Å². The lowest BCUT2D eigenvalue weighted by Crippen LogP contribution is -1.92. The lowest BCUT2D eigenvalue weighted by molar-refractivity contribution is -0.385. The van der Waals surface area contributed by atoms with Crippen molar-refractivity contribution in [1.29, 1.82) is 0 Å². The van der Waals surface area contributed by atoms with Gasteiger partial charge in [0, 0.05) is 28.9 Å². The highest BCUT2D eigenvalue weighted by Gasteiger charge is 2.10. The van der Waals surface area contributed by atoms with Crippen LogP contribution in [0.2, 0.25) is 0 Å². The molecular formula is C10H13NO3S. The molecule has 0 saturated heterocycles. The minimum Gasteiger partial charge on any atom is -0.396 e. The number of aryl methyl sites for hydroxylation is 1. The first kappa shape index (κ1) is 12.0. The van der Waals surface area contributed by atoms with E-state index in [-0.39, 0.29) is 17.2 Å². The van der Waals surface area contributed by atoms with Crippen molar-refractivity contribution in [3.8, 4) is 0 Å². The predicted molar refractivity (Wildman–Crippen MR) is 60.3 cm³/mol. The molecule has 15 heavy (non-hydrogen) atoms. The molecule has 0 aliphatic carbocycles. The number of nitrogens with zero attached hydrogens (tertiary/aromatic N) is 1. The fourth-order valence-electron chi connectivity index (χ4n) is 1.13. The van der Waals surface area contributed by atoms with E-state index in [9.17, 15) is 10.1 Å². The Hall–Kier alpha value is -1.07. The van der Waals surface area contributed by atoms with E-state index in [1.165, 1.54) is 11.8 Å². The van der Waals surface area contributed by atoms with Gasteiger partial charge in [0.1, 0.15) is 0 Å². The van der Waals surface area contributed by atoms with Gasteiger partial charge in [0.2, 0.25) is 0 Å². The molecule has 0 aliphatic rings. The van der Waals surface area contributed by atoms with Crippen LogP contribution in [-0.2, 0) is 0 Å². The minimum atomic E-state index is -0.370. The van der Waals surface area contributed by atoms with Gasteiger partial charge in [-0.1, -0.05) is 6.07 Å². The van der Waals surface area contributed by atoms with E-state index in [0.29, 0.717) is 12.0 Å². The summed E-state index contributed by atoms with van der Waals surface area (Å²) in [6.07, 6.45) is 0.701. The molecule has 1 aromatic rings. The first-order chi connectivity index (χ1) is 7.15. The zero-order chi connectivity index (χ0) is 11.3. The molecule has 1 aromatic carbocycles. The van der Waals surface area contributed by atoms with Crippen LogP contribution in [0.25, 0.3) is 0 Å². The molecule has 0 aliphatic heterocycles. The lowest BCUT2D eigenvalue weighted by Gasteiger charge is -2.02. The maximum atomic E-state index is 10.7. The number of hydrogen-bond acceptors (Lipinski definition) is 4. The number of nitro benzene ring substituents is 1. The average molecular weight is 227 g/mol. The zero-order valence-electron chi connectivity index (χ0n) is 8.47. The van der Waals surface area contributed by atoms with Gasteiger partial charge in [0.05, 0.1) is 4.92 Å². The fourth-order valence-corrected chi connectivity index (χ4v) is 2.00. The molecule has 0 saturated carbocycles. The molecule has 1 rings (SSSR count). The maximum absolute atomic E-state index is 10.7. The molecular weight excluding hydrogens is 214 g/mol. The maximum Gasteiger partial charge on any atom is 0.273 e. The summed E-state index contributed by atoms with van der Waals surface area (Å²) in [4.78, 5) is 11.2. The number of benzene rings is 1. The van der Waals surface area contributed by atoms with Crippen molar-refractivity contribution >= 4 is 17.4 Å². The van der Waals surface area contributed by atoms with Gasteiger partial charge in [0.15, 0.2) is 0 Å². The van der Waals surface area contributed by atoms with Gasteiger partial charge in [0.25, 0.3) is 5.69 Å². The van der Waals surface area contributed by atoms with Crippen molar-refractivity contribution < 1.29 is 10.0 Å². The molecule has 0 heterocycles. The van der Waals surface area contributed by atoms with Crippen LogP contribution in [0.3, 0.4) is 0 Å². The Labute approximate surface area is 92.5 Å². The van der Waals surface area contributed by atoms with E-state index < -0.39 is 0 Å². The van der Waals surface area contributed by atoms with E-state index in [2.05, 4.69) is 0 Å². The van der Waals surface area contributed by atoms with Crippen LogP contribution in [0.5, 0.6) is 0 Å². The molecule has 0 unspecified atom stereocenters. The predicted octanol–water partition coefficient (Wildman–Crippen LogP) is 2.38. The second kappa shape index (κ2) is 5.72. The summed E-state index contributed by atoms with van der Waals surface area (Å²) in [5.74, 6) is 0.775. The molecule has 0 bridgehead atoms. The summed E-state index contributed by atoms with van der Waals surface area (Å²) >= 11 is 1.52. The van der Waals surface area contributed by atoms with Gasteiger partial charge in [-0.3, -0.25) is 10.1 Å². The van der Waals surface area contributed by atoms with E-state index >= 15 is 0 Å². The topological polar surface area (TPSA) is 63.4 Å². The highest BCUT2D eigenvalue weighted by molar-refractivity contribution is 7.99. The normalized spacial score (nSPS) is 10.3. The fraction of sp³-hybridized carbons (Fsp3) is 0.400. The highest BCUT2D eigenvalue weighted by atomic mass is 32.2. The summed E-state index contributed by atoms with van der Waals surface area (Å²) < 4.78 is 0. The number of aliphatic hydroxyl groups is 1. The largest absolute Gasteiger partial charge is 0.396 e. The summed E-state index contributed by atoms with van der Waals surface area (Å²) in [5.41, 5.74) is 0.829. The van der Waals surface area contributed by atoms with Crippen LogP contribution in [0.4, 0.5) is 5.69 Å². The van der Waals surface area contributed by atoms with Gasteiger partial charge in [-0.05, 0) is 19.4 Å². The van der Waals surface area contributed by atoms with Crippen LogP contribution < -0.4 is 0 Å². The second-order valence-electron chi connectivity index (χ2n) is 3.13. The first-order valence-corrected chi connectivity index (χ1v) is 5.62. The highest BCUT2D eigenvalue weighted by Crippen LogP contribution is 2.26. The monoisotopic (exact) mass is 227 g/mol. The molecule has 4 nitrogen and oxygen atoms in total. The Bertz CT molecular complexity index is 355. The Morgan fingerprint density at radius 2 is 2.27 bits per heavy atom. The molecule has 0 spiro atoms. The number of aliphatic hydroxyl groups excluding tert-OH is 1. The van der Waals surface area contributed by atoms with Gasteiger partial charge < -0.3 is 5.11 Å². The van der Waals surface area contributed by atoms with E-state index in [1.807, 2.05) is 6.07 Å². The summed E-state index contributed by atoms with van der Waals surface area (Å²) in [6.45, 7) is 1.88. The van der Waals surface area contributed by atoms with Gasteiger partial charge in [-0.25, -0.2) is 0 Å². The molecule has 82 valence electrons. The number of rotatable bonds is 5. The molecule has 0 aromatic heterocycles. The number of hydrogen-bond donors (Lipinski definition) is 1. The minimum absolute atomic E-state index is 0.154. The van der Waals surface area contributed by atoms with E-state index in [1.54, 1.807) is 19.1 Å². The Morgan fingerprint density at radius 1 is 1.53 bits per heavy atom. The Kier molecular flexibility index (Phi) is 4.58. The van der Waals surface area contributed by atoms with Crippen LogP contribution in [0.1, 0.15) is 12.0 Å². The van der Waals surface area contributed by atoms with E-state index in [0.717, 1.165) is 10.6 Å². The van der Waals surface area contributed by atoms with Crippen molar-refractivity contribution in [2.24, 2.45) is 0 Å². The molecule has 0 amide bonds. The quantitative estimate of drug-likeness (QED) is 0.363. The van der Waals surface area contributed by atoms with Gasteiger partial charge >= 0.3 is 0 Å². The molecule has 1 N–H and O–H groups in total. The third kappa shape index (κ3) is 3.53. The summed E-state index contributed by atoms with van der Waals surface area (Å²) in [5, 5.41) is 19.3. The van der Waals surface area contributed by atoms with Crippen LogP contribution >= 0.6 is 11.8 Å². The second-order valence-corrected chi connectivity index (χ2v) is 4.30.